The minimum atomic E-state index is -0.448. The van der Waals surface area contributed by atoms with Gasteiger partial charge in [0.1, 0.15) is 0 Å². The van der Waals surface area contributed by atoms with E-state index in [1.165, 1.54) is 6.92 Å². The Hall–Kier alpha value is -3.76. The zero-order chi connectivity index (χ0) is 21.8. The van der Waals surface area contributed by atoms with E-state index in [1.807, 2.05) is 30.2 Å². The Morgan fingerprint density at radius 3 is 2.71 bits per heavy atom. The number of esters is 1. The van der Waals surface area contributed by atoms with Crippen LogP contribution in [0.25, 0.3) is 11.3 Å². The van der Waals surface area contributed by atoms with E-state index >= 15 is 0 Å². The van der Waals surface area contributed by atoms with Crippen molar-refractivity contribution in [3.05, 3.63) is 37.1 Å². The normalized spacial score (nSPS) is 14.5. The van der Waals surface area contributed by atoms with Gasteiger partial charge in [-0.25, -0.2) is 9.97 Å². The number of piperidine rings is 1. The summed E-state index contributed by atoms with van der Waals surface area (Å²) in [6.45, 7) is 2.30. The fourth-order valence-electron chi connectivity index (χ4n) is 3.50. The average Bonchev–Trinajstić information content (AvgIpc) is 3.42. The highest BCUT2D eigenvalue weighted by molar-refractivity contribution is 5.80. The van der Waals surface area contributed by atoms with E-state index in [4.69, 9.17) is 4.74 Å². The van der Waals surface area contributed by atoms with E-state index in [-0.39, 0.29) is 18.6 Å². The number of likely N-dealkylation sites (tertiary alicyclic amines) is 1. The van der Waals surface area contributed by atoms with Gasteiger partial charge in [0.25, 0.3) is 5.91 Å². The van der Waals surface area contributed by atoms with Crippen LogP contribution in [0.1, 0.15) is 25.8 Å². The van der Waals surface area contributed by atoms with Gasteiger partial charge < -0.3 is 15.0 Å². The van der Waals surface area contributed by atoms with Crippen LogP contribution in [0, 0.1) is 0 Å². The van der Waals surface area contributed by atoms with Crippen molar-refractivity contribution < 1.29 is 14.3 Å². The van der Waals surface area contributed by atoms with E-state index in [0.29, 0.717) is 19.0 Å². The largest absolute Gasteiger partial charge is 0.456 e. The maximum Gasteiger partial charge on any atom is 0.303 e. The van der Waals surface area contributed by atoms with E-state index in [9.17, 15) is 9.59 Å². The summed E-state index contributed by atoms with van der Waals surface area (Å²) < 4.78 is 8.43. The number of hydrogen-bond acceptors (Lipinski definition) is 8. The molecule has 0 spiro atoms. The van der Waals surface area contributed by atoms with Gasteiger partial charge in [0.05, 0.1) is 29.8 Å². The number of ether oxygens (including phenoxy) is 1. The summed E-state index contributed by atoms with van der Waals surface area (Å²) in [7, 11) is 1.84. The lowest BCUT2D eigenvalue weighted by molar-refractivity contribution is -0.150. The highest BCUT2D eigenvalue weighted by Crippen LogP contribution is 2.25. The molecule has 1 saturated heterocycles. The van der Waals surface area contributed by atoms with Gasteiger partial charge in [-0.2, -0.15) is 10.2 Å². The van der Waals surface area contributed by atoms with Crippen LogP contribution in [0.2, 0.25) is 0 Å². The van der Waals surface area contributed by atoms with Crippen LogP contribution in [-0.4, -0.2) is 66.0 Å². The van der Waals surface area contributed by atoms with Crippen molar-refractivity contribution >= 4 is 23.5 Å². The topological polar surface area (TPSA) is 120 Å². The molecule has 1 N–H and O–H groups in total. The molecular formula is C20H24N8O3. The molecule has 0 aromatic carbocycles. The molecular weight excluding hydrogens is 400 g/mol. The minimum Gasteiger partial charge on any atom is -0.456 e. The van der Waals surface area contributed by atoms with Crippen LogP contribution in [0.5, 0.6) is 0 Å². The molecule has 4 heterocycles. The molecule has 31 heavy (non-hydrogen) atoms. The summed E-state index contributed by atoms with van der Waals surface area (Å²) in [5, 5.41) is 11.8. The van der Waals surface area contributed by atoms with Crippen molar-refractivity contribution in [2.45, 2.75) is 25.8 Å². The van der Waals surface area contributed by atoms with Crippen molar-refractivity contribution in [1.82, 2.24) is 34.4 Å². The second-order valence-corrected chi connectivity index (χ2v) is 7.39. The van der Waals surface area contributed by atoms with Gasteiger partial charge in [-0.1, -0.05) is 0 Å². The molecule has 1 aliphatic heterocycles. The Bertz CT molecular complexity index is 1070. The monoisotopic (exact) mass is 424 g/mol. The van der Waals surface area contributed by atoms with E-state index in [1.54, 1.807) is 28.2 Å². The van der Waals surface area contributed by atoms with Gasteiger partial charge in [-0.15, -0.1) is 0 Å². The molecule has 162 valence electrons. The van der Waals surface area contributed by atoms with Gasteiger partial charge in [0.15, 0.2) is 6.61 Å². The van der Waals surface area contributed by atoms with Crippen molar-refractivity contribution in [1.29, 1.82) is 0 Å². The number of aromatic nitrogens is 6. The molecule has 0 bridgehead atoms. The quantitative estimate of drug-likeness (QED) is 0.592. The number of anilines is 2. The Morgan fingerprint density at radius 2 is 2.00 bits per heavy atom. The van der Waals surface area contributed by atoms with Crippen LogP contribution >= 0.6 is 0 Å². The number of aryl methyl sites for hydroxylation is 1. The number of amides is 1. The van der Waals surface area contributed by atoms with E-state index < -0.39 is 5.97 Å². The predicted octanol–water partition coefficient (Wildman–Crippen LogP) is 1.54. The summed E-state index contributed by atoms with van der Waals surface area (Å²) in [5.41, 5.74) is 2.47. The number of nitrogens with zero attached hydrogens (tertiary/aromatic N) is 7. The van der Waals surface area contributed by atoms with E-state index in [0.717, 1.165) is 29.8 Å². The molecule has 4 rings (SSSR count). The fraction of sp³-hybridized carbons (Fsp3) is 0.400. The van der Waals surface area contributed by atoms with E-state index in [2.05, 4.69) is 25.5 Å². The highest BCUT2D eigenvalue weighted by atomic mass is 16.5. The highest BCUT2D eigenvalue weighted by Gasteiger charge is 2.25. The van der Waals surface area contributed by atoms with Gasteiger partial charge in [0.2, 0.25) is 5.95 Å². The number of carbonyl (C=O) groups is 2. The second kappa shape index (κ2) is 8.94. The summed E-state index contributed by atoms with van der Waals surface area (Å²) in [5.74, 6) is -0.127. The molecule has 0 radical (unpaired) electrons. The Morgan fingerprint density at radius 1 is 1.19 bits per heavy atom. The predicted molar refractivity (Wildman–Crippen MR) is 111 cm³/mol. The number of rotatable bonds is 6. The van der Waals surface area contributed by atoms with Crippen molar-refractivity contribution in [2.75, 3.05) is 25.0 Å². The average molecular weight is 424 g/mol. The first-order valence-corrected chi connectivity index (χ1v) is 10.0. The molecule has 0 saturated carbocycles. The molecule has 0 aliphatic carbocycles. The van der Waals surface area contributed by atoms with Gasteiger partial charge in [0, 0.05) is 51.2 Å². The molecule has 1 fully saturated rings. The summed E-state index contributed by atoms with van der Waals surface area (Å²) in [6, 6.07) is 2.04. The zero-order valence-corrected chi connectivity index (χ0v) is 17.4. The lowest BCUT2D eigenvalue weighted by atomic mass is 10.1. The molecule has 11 nitrogen and oxygen atoms in total. The summed E-state index contributed by atoms with van der Waals surface area (Å²) >= 11 is 0. The maximum absolute atomic E-state index is 12.1. The van der Waals surface area contributed by atoms with Crippen LogP contribution < -0.4 is 5.32 Å². The lowest BCUT2D eigenvalue weighted by Crippen LogP contribution is -2.41. The first-order chi connectivity index (χ1) is 15.0. The molecule has 3 aromatic rings. The third kappa shape index (κ3) is 5.05. The molecule has 0 unspecified atom stereocenters. The van der Waals surface area contributed by atoms with Gasteiger partial charge in [-0.3, -0.25) is 19.0 Å². The lowest BCUT2D eigenvalue weighted by Gasteiger charge is -2.31. The Labute approximate surface area is 179 Å². The Kier molecular flexibility index (Phi) is 5.92. The summed E-state index contributed by atoms with van der Waals surface area (Å²) in [6.07, 6.45) is 10.6. The van der Waals surface area contributed by atoms with Gasteiger partial charge >= 0.3 is 5.97 Å². The number of nitrogens with one attached hydrogen (secondary N) is 1. The summed E-state index contributed by atoms with van der Waals surface area (Å²) in [4.78, 5) is 33.5. The third-order valence-electron chi connectivity index (χ3n) is 5.10. The maximum atomic E-state index is 12.1. The van der Waals surface area contributed by atoms with Crippen LogP contribution in [-0.2, 0) is 21.4 Å². The minimum absolute atomic E-state index is 0.163. The van der Waals surface area contributed by atoms with Crippen LogP contribution in [0.4, 0.5) is 11.6 Å². The smallest absolute Gasteiger partial charge is 0.303 e. The standard InChI is InChI=1S/C20H24N8O3/c1-14(29)31-13-19(30)27-7-4-17(5-8-27)28-11-15(9-23-28)18-3-6-21-20(25-18)24-16-10-22-26(2)12-16/h3,6,9-12,17H,4-5,7-8,13H2,1-2H3,(H,21,24,25). The SMILES string of the molecule is CC(=O)OCC(=O)N1CCC(n2cc(-c3ccnc(Nc4cnn(C)c4)n3)cn2)CC1. The molecule has 1 amide bonds. The van der Waals surface area contributed by atoms with Gasteiger partial charge in [-0.05, 0) is 18.9 Å². The van der Waals surface area contributed by atoms with Crippen molar-refractivity contribution in [2.24, 2.45) is 7.05 Å². The van der Waals surface area contributed by atoms with Crippen LogP contribution in [0.3, 0.4) is 0 Å². The first kappa shape index (κ1) is 20.5. The number of carbonyl (C=O) groups excluding carboxylic acids is 2. The fourth-order valence-corrected chi connectivity index (χ4v) is 3.50. The van der Waals surface area contributed by atoms with Crippen molar-refractivity contribution in [3.8, 4) is 11.3 Å². The molecule has 0 atom stereocenters. The third-order valence-corrected chi connectivity index (χ3v) is 5.10. The Balaban J connectivity index is 1.37. The number of hydrogen-bond donors (Lipinski definition) is 1. The zero-order valence-electron chi connectivity index (χ0n) is 17.4. The second-order valence-electron chi connectivity index (χ2n) is 7.39. The molecule has 3 aromatic heterocycles. The molecule has 11 heteroatoms. The molecule has 1 aliphatic rings. The first-order valence-electron chi connectivity index (χ1n) is 10.0. The van der Waals surface area contributed by atoms with Crippen LogP contribution in [0.15, 0.2) is 37.1 Å². The van der Waals surface area contributed by atoms with Crippen molar-refractivity contribution in [3.63, 3.8) is 0 Å².